The Hall–Kier alpha value is -1.09. The maximum absolute atomic E-state index is 10.9. The fourth-order valence-electron chi connectivity index (χ4n) is 1.11. The van der Waals surface area contributed by atoms with Crippen LogP contribution in [0.25, 0.3) is 0 Å². The van der Waals surface area contributed by atoms with Gasteiger partial charge in [-0.15, -0.1) is 6.58 Å². The molecule has 1 heterocycles. The van der Waals surface area contributed by atoms with Gasteiger partial charge in [0.15, 0.2) is 0 Å². The molecule has 1 unspecified atom stereocenters. The fraction of sp³-hybridized carbons (Fsp3) is 0.444. The van der Waals surface area contributed by atoms with Crippen molar-refractivity contribution in [3.63, 3.8) is 0 Å². The van der Waals surface area contributed by atoms with Crippen molar-refractivity contribution >= 4 is 5.97 Å². The summed E-state index contributed by atoms with van der Waals surface area (Å²) in [7, 11) is 0. The molecule has 1 fully saturated rings. The zero-order chi connectivity index (χ0) is 9.14. The molecule has 1 aliphatic heterocycles. The van der Waals surface area contributed by atoms with Gasteiger partial charge >= 0.3 is 5.97 Å². The molecule has 3 nitrogen and oxygen atoms in total. The minimum atomic E-state index is -0.364. The first kappa shape index (κ1) is 9.00. The van der Waals surface area contributed by atoms with Crippen LogP contribution in [-0.4, -0.2) is 24.8 Å². The molecule has 0 aromatic rings. The van der Waals surface area contributed by atoms with E-state index in [0.29, 0.717) is 12.2 Å². The second-order valence-corrected chi connectivity index (χ2v) is 2.68. The number of carbonyl (C=O) groups is 1. The zero-order valence-corrected chi connectivity index (χ0v) is 7.08. The summed E-state index contributed by atoms with van der Waals surface area (Å²) in [6, 6.07) is 0. The lowest BCUT2D eigenvalue weighted by molar-refractivity contribution is -0.139. The SMILES string of the molecule is C=CCOC1C(=C)C(=O)O[C@@H]1C. The van der Waals surface area contributed by atoms with Crippen LogP contribution < -0.4 is 0 Å². The van der Waals surface area contributed by atoms with Crippen LogP contribution in [0.1, 0.15) is 6.92 Å². The Bertz CT molecular complexity index is 220. The van der Waals surface area contributed by atoms with Gasteiger partial charge in [-0.3, -0.25) is 0 Å². The summed E-state index contributed by atoms with van der Waals surface area (Å²) in [5, 5.41) is 0. The Balaban J connectivity index is 2.57. The standard InChI is InChI=1S/C9H12O3/c1-4-5-11-8-6(2)9(10)12-7(8)3/h4,7-8H,1-2,5H2,3H3/t7-,8?/m1/s1. The highest BCUT2D eigenvalue weighted by Crippen LogP contribution is 2.22. The molecule has 0 bridgehead atoms. The van der Waals surface area contributed by atoms with Crippen LogP contribution in [0.3, 0.4) is 0 Å². The van der Waals surface area contributed by atoms with Crippen molar-refractivity contribution in [2.75, 3.05) is 6.61 Å². The lowest BCUT2D eigenvalue weighted by Gasteiger charge is -2.12. The number of carbonyl (C=O) groups excluding carboxylic acids is 1. The molecular weight excluding hydrogens is 156 g/mol. The Kier molecular flexibility index (Phi) is 2.65. The minimum absolute atomic E-state index is 0.232. The minimum Gasteiger partial charge on any atom is -0.456 e. The third-order valence-corrected chi connectivity index (χ3v) is 1.72. The first-order valence-corrected chi connectivity index (χ1v) is 3.79. The largest absolute Gasteiger partial charge is 0.456 e. The Morgan fingerprint density at radius 3 is 2.83 bits per heavy atom. The first-order chi connectivity index (χ1) is 5.66. The van der Waals surface area contributed by atoms with Crippen molar-refractivity contribution in [1.82, 2.24) is 0 Å². The molecule has 0 saturated carbocycles. The van der Waals surface area contributed by atoms with Crippen molar-refractivity contribution in [3.05, 3.63) is 24.8 Å². The molecular formula is C9H12O3. The molecule has 0 aliphatic carbocycles. The van der Waals surface area contributed by atoms with Gasteiger partial charge in [-0.05, 0) is 6.92 Å². The number of esters is 1. The van der Waals surface area contributed by atoms with E-state index < -0.39 is 0 Å². The predicted molar refractivity (Wildman–Crippen MR) is 44.6 cm³/mol. The molecule has 1 rings (SSSR count). The van der Waals surface area contributed by atoms with Gasteiger partial charge in [-0.25, -0.2) is 4.79 Å². The molecule has 1 aliphatic rings. The third kappa shape index (κ3) is 1.56. The van der Waals surface area contributed by atoms with Gasteiger partial charge < -0.3 is 9.47 Å². The smallest absolute Gasteiger partial charge is 0.336 e. The van der Waals surface area contributed by atoms with Gasteiger partial charge in [0.1, 0.15) is 12.2 Å². The Labute approximate surface area is 71.7 Å². The van der Waals surface area contributed by atoms with Gasteiger partial charge in [0.05, 0.1) is 12.2 Å². The van der Waals surface area contributed by atoms with Crippen molar-refractivity contribution in [3.8, 4) is 0 Å². The maximum atomic E-state index is 10.9. The van der Waals surface area contributed by atoms with Crippen LogP contribution in [0.5, 0.6) is 0 Å². The lowest BCUT2D eigenvalue weighted by atomic mass is 10.1. The molecule has 1 saturated heterocycles. The van der Waals surface area contributed by atoms with Crippen molar-refractivity contribution in [1.29, 1.82) is 0 Å². The fourth-order valence-corrected chi connectivity index (χ4v) is 1.11. The van der Waals surface area contributed by atoms with Gasteiger partial charge in [0.25, 0.3) is 0 Å². The molecule has 0 spiro atoms. The summed E-state index contributed by atoms with van der Waals surface area (Å²) in [5.41, 5.74) is 0.393. The van der Waals surface area contributed by atoms with E-state index in [9.17, 15) is 4.79 Å². The number of ether oxygens (including phenoxy) is 2. The quantitative estimate of drug-likeness (QED) is 0.359. The number of hydrogen-bond acceptors (Lipinski definition) is 3. The number of cyclic esters (lactones) is 1. The van der Waals surface area contributed by atoms with E-state index >= 15 is 0 Å². The molecule has 66 valence electrons. The van der Waals surface area contributed by atoms with Crippen molar-refractivity contribution in [2.45, 2.75) is 19.1 Å². The van der Waals surface area contributed by atoms with Gasteiger partial charge in [-0.1, -0.05) is 12.7 Å². The third-order valence-electron chi connectivity index (χ3n) is 1.72. The molecule has 0 aromatic carbocycles. The highest BCUT2D eigenvalue weighted by Gasteiger charge is 2.36. The summed E-state index contributed by atoms with van der Waals surface area (Å²) >= 11 is 0. The monoisotopic (exact) mass is 168 g/mol. The predicted octanol–water partition coefficient (Wildman–Crippen LogP) is 1.06. The highest BCUT2D eigenvalue weighted by atomic mass is 16.6. The molecule has 0 amide bonds. The van der Waals surface area contributed by atoms with Crippen LogP contribution in [0.4, 0.5) is 0 Å². The topological polar surface area (TPSA) is 35.5 Å². The van der Waals surface area contributed by atoms with Crippen LogP contribution in [-0.2, 0) is 14.3 Å². The molecule has 12 heavy (non-hydrogen) atoms. The van der Waals surface area contributed by atoms with Gasteiger partial charge in [0, 0.05) is 0 Å². The van der Waals surface area contributed by atoms with E-state index in [-0.39, 0.29) is 18.2 Å². The summed E-state index contributed by atoms with van der Waals surface area (Å²) in [4.78, 5) is 10.9. The van der Waals surface area contributed by atoms with Crippen LogP contribution >= 0.6 is 0 Å². The molecule has 0 N–H and O–H groups in total. The lowest BCUT2D eigenvalue weighted by Crippen LogP contribution is -2.22. The zero-order valence-electron chi connectivity index (χ0n) is 7.08. The normalized spacial score (nSPS) is 28.8. The number of rotatable bonds is 3. The second-order valence-electron chi connectivity index (χ2n) is 2.68. The van der Waals surface area contributed by atoms with E-state index in [2.05, 4.69) is 13.2 Å². The Morgan fingerprint density at radius 2 is 2.42 bits per heavy atom. The molecule has 3 heteroatoms. The van der Waals surface area contributed by atoms with E-state index in [1.54, 1.807) is 13.0 Å². The van der Waals surface area contributed by atoms with Crippen LogP contribution in [0, 0.1) is 0 Å². The Morgan fingerprint density at radius 1 is 1.75 bits per heavy atom. The van der Waals surface area contributed by atoms with Gasteiger partial charge in [-0.2, -0.15) is 0 Å². The molecule has 0 aromatic heterocycles. The molecule has 0 radical (unpaired) electrons. The summed E-state index contributed by atoms with van der Waals surface area (Å²) in [6.45, 7) is 9.29. The highest BCUT2D eigenvalue weighted by molar-refractivity contribution is 5.91. The molecule has 2 atom stereocenters. The van der Waals surface area contributed by atoms with Crippen molar-refractivity contribution < 1.29 is 14.3 Å². The summed E-state index contributed by atoms with van der Waals surface area (Å²) < 4.78 is 10.2. The van der Waals surface area contributed by atoms with Crippen LogP contribution in [0.15, 0.2) is 24.8 Å². The maximum Gasteiger partial charge on any atom is 0.336 e. The second kappa shape index (κ2) is 3.54. The van der Waals surface area contributed by atoms with E-state index in [4.69, 9.17) is 9.47 Å². The summed E-state index contributed by atoms with van der Waals surface area (Å²) in [6.07, 6.45) is 1.09. The number of hydrogen-bond donors (Lipinski definition) is 0. The van der Waals surface area contributed by atoms with Crippen molar-refractivity contribution in [2.24, 2.45) is 0 Å². The van der Waals surface area contributed by atoms with Crippen LogP contribution in [0.2, 0.25) is 0 Å². The van der Waals surface area contributed by atoms with E-state index in [0.717, 1.165) is 0 Å². The summed E-state index contributed by atoms with van der Waals surface area (Å²) in [5.74, 6) is -0.364. The van der Waals surface area contributed by atoms with Gasteiger partial charge in [0.2, 0.25) is 0 Å². The van der Waals surface area contributed by atoms with E-state index in [1.165, 1.54) is 0 Å². The average Bonchev–Trinajstić information content (AvgIpc) is 2.25. The average molecular weight is 168 g/mol. The first-order valence-electron chi connectivity index (χ1n) is 3.79. The van der Waals surface area contributed by atoms with E-state index in [1.807, 2.05) is 0 Å².